The molecule has 2 rings (SSSR count). The minimum absolute atomic E-state index is 0.355. The molecule has 82 valence electrons. The van der Waals surface area contributed by atoms with E-state index in [4.69, 9.17) is 0 Å². The summed E-state index contributed by atoms with van der Waals surface area (Å²) in [6.07, 6.45) is 0. The summed E-state index contributed by atoms with van der Waals surface area (Å²) in [5.41, 5.74) is 0.732. The number of fused-ring (bicyclic) bond motifs is 1. The quantitative estimate of drug-likeness (QED) is 0.727. The normalized spacial score (nSPS) is 20.1. The van der Waals surface area contributed by atoms with Crippen molar-refractivity contribution < 1.29 is 8.42 Å². The largest absolute Gasteiger partial charge is 0.359 e. The van der Waals surface area contributed by atoms with Crippen molar-refractivity contribution >= 4 is 31.6 Å². The van der Waals surface area contributed by atoms with Crippen LogP contribution in [0.15, 0.2) is 27.6 Å². The van der Waals surface area contributed by atoms with Gasteiger partial charge in [-0.25, -0.2) is 8.42 Å². The Morgan fingerprint density at radius 3 is 2.67 bits per heavy atom. The lowest BCUT2D eigenvalue weighted by Crippen LogP contribution is -2.42. The Morgan fingerprint density at radius 1 is 1.33 bits per heavy atom. The molecule has 0 amide bonds. The Labute approximate surface area is 97.7 Å². The van der Waals surface area contributed by atoms with Crippen molar-refractivity contribution in [2.45, 2.75) is 4.90 Å². The van der Waals surface area contributed by atoms with E-state index in [2.05, 4.69) is 15.9 Å². The molecule has 0 unspecified atom stereocenters. The molecule has 0 spiro atoms. The zero-order valence-corrected chi connectivity index (χ0v) is 10.8. The summed E-state index contributed by atoms with van der Waals surface area (Å²) in [6, 6.07) is 5.20. The fourth-order valence-corrected chi connectivity index (χ4v) is 3.91. The molecule has 1 heterocycles. The van der Waals surface area contributed by atoms with Crippen LogP contribution in [0, 0.1) is 0 Å². The van der Waals surface area contributed by atoms with Gasteiger partial charge in [0.05, 0.1) is 12.4 Å². The summed E-state index contributed by atoms with van der Waals surface area (Å²) in [5.74, 6) is 0. The van der Waals surface area contributed by atoms with E-state index in [-0.39, 0.29) is 0 Å². The van der Waals surface area contributed by atoms with Gasteiger partial charge in [-0.3, -0.25) is 0 Å². The highest BCUT2D eigenvalue weighted by atomic mass is 79.9. The van der Waals surface area contributed by atoms with Gasteiger partial charge in [-0.15, -0.1) is 0 Å². The maximum atomic E-state index is 12.0. The first-order chi connectivity index (χ1) is 6.94. The topological polar surface area (TPSA) is 40.6 Å². The zero-order valence-electron chi connectivity index (χ0n) is 8.44. The molecular weight excluding hydrogens is 280 g/mol. The lowest BCUT2D eigenvalue weighted by molar-refractivity contribution is 0.458. The number of para-hydroxylation sites is 1. The molecule has 1 aromatic rings. The highest BCUT2D eigenvalue weighted by Crippen LogP contribution is 2.36. The van der Waals surface area contributed by atoms with Crippen LogP contribution in [-0.2, 0) is 10.0 Å². The number of halogens is 1. The van der Waals surface area contributed by atoms with Crippen molar-refractivity contribution in [3.8, 4) is 0 Å². The Kier molecular flexibility index (Phi) is 2.52. The van der Waals surface area contributed by atoms with Crippen molar-refractivity contribution in [1.29, 1.82) is 0 Å². The zero-order chi connectivity index (χ0) is 11.2. The van der Waals surface area contributed by atoms with E-state index in [1.165, 1.54) is 4.31 Å². The van der Waals surface area contributed by atoms with E-state index < -0.39 is 10.0 Å². The highest BCUT2D eigenvalue weighted by Gasteiger charge is 2.32. The molecule has 0 saturated heterocycles. The van der Waals surface area contributed by atoms with Gasteiger partial charge in [0.25, 0.3) is 0 Å². The molecular formula is C9H11BrN2O2S. The summed E-state index contributed by atoms with van der Waals surface area (Å²) in [7, 11) is 0.134. The van der Waals surface area contributed by atoms with Gasteiger partial charge in [0, 0.05) is 18.6 Å². The molecule has 0 radical (unpaired) electrons. The van der Waals surface area contributed by atoms with Crippen LogP contribution in [0.5, 0.6) is 0 Å². The molecule has 0 fully saturated rings. The van der Waals surface area contributed by atoms with Crippen LogP contribution in [0.2, 0.25) is 0 Å². The van der Waals surface area contributed by atoms with E-state index in [9.17, 15) is 8.42 Å². The molecule has 4 nitrogen and oxygen atoms in total. The summed E-state index contributed by atoms with van der Waals surface area (Å²) in [5, 5.41) is 0. The maximum absolute atomic E-state index is 12.0. The van der Waals surface area contributed by atoms with Gasteiger partial charge in [-0.2, -0.15) is 4.31 Å². The third-order valence-corrected chi connectivity index (χ3v) is 4.89. The van der Waals surface area contributed by atoms with Crippen molar-refractivity contribution in [2.24, 2.45) is 0 Å². The molecule has 0 bridgehead atoms. The van der Waals surface area contributed by atoms with E-state index >= 15 is 0 Å². The molecule has 1 aliphatic rings. The highest BCUT2D eigenvalue weighted by molar-refractivity contribution is 9.10. The Morgan fingerprint density at radius 2 is 2.00 bits per heavy atom. The van der Waals surface area contributed by atoms with Crippen LogP contribution < -0.4 is 4.90 Å². The van der Waals surface area contributed by atoms with Gasteiger partial charge >= 0.3 is 0 Å². The predicted molar refractivity (Wildman–Crippen MR) is 62.4 cm³/mol. The van der Waals surface area contributed by atoms with E-state index in [0.717, 1.165) is 10.2 Å². The number of hydrogen-bond donors (Lipinski definition) is 0. The molecule has 0 aromatic heterocycles. The number of rotatable bonds is 0. The van der Waals surface area contributed by atoms with Crippen LogP contribution in [-0.4, -0.2) is 33.5 Å². The average molecular weight is 291 g/mol. The third kappa shape index (κ3) is 1.56. The van der Waals surface area contributed by atoms with Crippen LogP contribution in [0.25, 0.3) is 0 Å². The predicted octanol–water partition coefficient (Wildman–Crippen LogP) is 1.48. The molecule has 0 saturated carbocycles. The SMILES string of the molecule is CN1CN(C)S(=O)(=O)c2cccc(Br)c21. The first-order valence-corrected chi connectivity index (χ1v) is 6.64. The summed E-state index contributed by atoms with van der Waals surface area (Å²) in [6.45, 7) is 0.373. The average Bonchev–Trinajstić information content (AvgIpc) is 2.15. The maximum Gasteiger partial charge on any atom is 0.246 e. The standard InChI is InChI=1S/C9H11BrN2O2S/c1-11-6-12(2)15(13,14)8-5-3-4-7(10)9(8)11/h3-5H,6H2,1-2H3. The monoisotopic (exact) mass is 290 g/mol. The van der Waals surface area contributed by atoms with Crippen LogP contribution in [0.4, 0.5) is 5.69 Å². The Bertz CT molecular complexity index is 501. The van der Waals surface area contributed by atoms with Crippen LogP contribution in [0.3, 0.4) is 0 Å². The van der Waals surface area contributed by atoms with Gasteiger partial charge < -0.3 is 4.90 Å². The van der Waals surface area contributed by atoms with Crippen LogP contribution in [0.1, 0.15) is 0 Å². The number of benzene rings is 1. The molecule has 1 aliphatic heterocycles. The first-order valence-electron chi connectivity index (χ1n) is 4.40. The first kappa shape index (κ1) is 10.9. The molecule has 0 atom stereocenters. The number of nitrogens with zero attached hydrogens (tertiary/aromatic N) is 2. The van der Waals surface area contributed by atoms with Crippen LogP contribution >= 0.6 is 15.9 Å². The number of hydrogen-bond acceptors (Lipinski definition) is 3. The van der Waals surface area contributed by atoms with Crippen molar-refractivity contribution in [3.63, 3.8) is 0 Å². The van der Waals surface area contributed by atoms with Gasteiger partial charge in [0.1, 0.15) is 4.90 Å². The lowest BCUT2D eigenvalue weighted by Gasteiger charge is -2.33. The molecule has 0 N–H and O–H groups in total. The Balaban J connectivity index is 2.76. The van der Waals surface area contributed by atoms with E-state index in [0.29, 0.717) is 11.6 Å². The minimum atomic E-state index is -3.31. The molecule has 1 aromatic carbocycles. The third-order valence-electron chi connectivity index (χ3n) is 2.43. The lowest BCUT2D eigenvalue weighted by atomic mass is 10.3. The van der Waals surface area contributed by atoms with E-state index in [1.807, 2.05) is 18.0 Å². The second kappa shape index (κ2) is 3.47. The van der Waals surface area contributed by atoms with Gasteiger partial charge in [0.15, 0.2) is 0 Å². The van der Waals surface area contributed by atoms with Crippen molar-refractivity contribution in [3.05, 3.63) is 22.7 Å². The number of anilines is 1. The molecule has 6 heteroatoms. The summed E-state index contributed by atoms with van der Waals surface area (Å²) >= 11 is 3.37. The second-order valence-electron chi connectivity index (χ2n) is 3.53. The fraction of sp³-hybridized carbons (Fsp3) is 0.333. The number of sulfonamides is 1. The molecule has 15 heavy (non-hydrogen) atoms. The fourth-order valence-electron chi connectivity index (χ4n) is 1.69. The minimum Gasteiger partial charge on any atom is -0.359 e. The van der Waals surface area contributed by atoms with Crippen molar-refractivity contribution in [2.75, 3.05) is 25.7 Å². The van der Waals surface area contributed by atoms with Gasteiger partial charge in [0.2, 0.25) is 10.0 Å². The van der Waals surface area contributed by atoms with E-state index in [1.54, 1.807) is 19.2 Å². The summed E-state index contributed by atoms with van der Waals surface area (Å²) in [4.78, 5) is 2.26. The van der Waals surface area contributed by atoms with Gasteiger partial charge in [-0.1, -0.05) is 6.07 Å². The van der Waals surface area contributed by atoms with Crippen molar-refractivity contribution in [1.82, 2.24) is 4.31 Å². The van der Waals surface area contributed by atoms with Gasteiger partial charge in [-0.05, 0) is 28.1 Å². The molecule has 0 aliphatic carbocycles. The summed E-state index contributed by atoms with van der Waals surface area (Å²) < 4.78 is 26.1. The smallest absolute Gasteiger partial charge is 0.246 e. The second-order valence-corrected chi connectivity index (χ2v) is 6.40. The Hall–Kier alpha value is -0.590.